The third-order valence-corrected chi connectivity index (χ3v) is 6.44. The lowest BCUT2D eigenvalue weighted by molar-refractivity contribution is -0.907. The predicted octanol–water partition coefficient (Wildman–Crippen LogP) is -0.451. The van der Waals surface area contributed by atoms with Gasteiger partial charge in [-0.1, -0.05) is 6.92 Å². The molecule has 1 unspecified atom stereocenters. The predicted molar refractivity (Wildman–Crippen MR) is 95.3 cm³/mol. The molecule has 136 valence electrons. The zero-order chi connectivity index (χ0) is 16.9. The fourth-order valence-electron chi connectivity index (χ4n) is 4.82. The van der Waals surface area contributed by atoms with Crippen molar-refractivity contribution in [2.75, 3.05) is 59.1 Å². The molecule has 4 nitrogen and oxygen atoms in total. The Morgan fingerprint density at radius 1 is 0.958 bits per heavy atom. The van der Waals surface area contributed by atoms with Crippen LogP contribution in [0.1, 0.15) is 46.0 Å². The van der Waals surface area contributed by atoms with Crippen molar-refractivity contribution in [3.8, 4) is 11.8 Å². The van der Waals surface area contributed by atoms with Gasteiger partial charge in [-0.3, -0.25) is 0 Å². The number of likely N-dealkylation sites (tertiary alicyclic amines) is 1. The summed E-state index contributed by atoms with van der Waals surface area (Å²) in [5.74, 6) is 6.91. The molecule has 0 radical (unpaired) electrons. The van der Waals surface area contributed by atoms with E-state index in [0.717, 1.165) is 52.4 Å². The summed E-state index contributed by atoms with van der Waals surface area (Å²) in [5, 5.41) is 0. The highest BCUT2D eigenvalue weighted by Crippen LogP contribution is 2.43. The van der Waals surface area contributed by atoms with Crippen molar-refractivity contribution in [3.63, 3.8) is 0 Å². The summed E-state index contributed by atoms with van der Waals surface area (Å²) in [6.45, 7) is 14.2. The molecular formula is C20H36N2O2+2. The van der Waals surface area contributed by atoms with E-state index in [1.807, 2.05) is 0 Å². The van der Waals surface area contributed by atoms with E-state index in [0.29, 0.717) is 5.41 Å². The highest BCUT2D eigenvalue weighted by molar-refractivity contribution is 4.99. The van der Waals surface area contributed by atoms with Crippen LogP contribution >= 0.6 is 0 Å². The summed E-state index contributed by atoms with van der Waals surface area (Å²) in [5.41, 5.74) is 0.611. The van der Waals surface area contributed by atoms with Gasteiger partial charge in [0.15, 0.2) is 0 Å². The highest BCUT2D eigenvalue weighted by atomic mass is 16.5. The molecule has 2 N–H and O–H groups in total. The van der Waals surface area contributed by atoms with Crippen LogP contribution in [0.3, 0.4) is 0 Å². The smallest absolute Gasteiger partial charge is 0.139 e. The second kappa shape index (κ2) is 8.19. The Bertz CT molecular complexity index is 462. The van der Waals surface area contributed by atoms with E-state index < -0.39 is 0 Å². The lowest BCUT2D eigenvalue weighted by Crippen LogP contribution is -3.14. The first kappa shape index (κ1) is 18.2. The molecule has 3 aliphatic heterocycles. The molecule has 24 heavy (non-hydrogen) atoms. The molecule has 3 saturated heterocycles. The summed E-state index contributed by atoms with van der Waals surface area (Å²) >= 11 is 0. The summed E-state index contributed by atoms with van der Waals surface area (Å²) in [6, 6.07) is 0. The first-order valence-corrected chi connectivity index (χ1v) is 9.98. The van der Waals surface area contributed by atoms with Crippen molar-refractivity contribution < 1.29 is 19.3 Å². The Kier molecular flexibility index (Phi) is 6.21. The summed E-state index contributed by atoms with van der Waals surface area (Å²) in [4.78, 5) is 3.29. The topological polar surface area (TPSA) is 27.3 Å². The molecule has 0 bridgehead atoms. The molecule has 0 aromatic heterocycles. The van der Waals surface area contributed by atoms with E-state index >= 15 is 0 Å². The number of hydrogen-bond donors (Lipinski definition) is 2. The second-order valence-electron chi connectivity index (χ2n) is 8.43. The van der Waals surface area contributed by atoms with E-state index in [1.165, 1.54) is 38.8 Å². The maximum Gasteiger partial charge on any atom is 0.139 e. The molecule has 0 aromatic carbocycles. The van der Waals surface area contributed by atoms with Crippen molar-refractivity contribution in [2.24, 2.45) is 5.41 Å². The molecule has 3 atom stereocenters. The SMILES string of the molecule is CC[C@@]1(C)C[C@]2(CCC[NH+](CC#CC[NH+]3CCOCC3)C2)CCO1. The van der Waals surface area contributed by atoms with Crippen molar-refractivity contribution in [3.05, 3.63) is 0 Å². The van der Waals surface area contributed by atoms with Gasteiger partial charge in [-0.15, -0.1) is 0 Å². The van der Waals surface area contributed by atoms with Crippen molar-refractivity contribution in [1.82, 2.24) is 0 Å². The van der Waals surface area contributed by atoms with Crippen molar-refractivity contribution in [2.45, 2.75) is 51.6 Å². The van der Waals surface area contributed by atoms with Crippen LogP contribution in [0.25, 0.3) is 0 Å². The zero-order valence-corrected chi connectivity index (χ0v) is 15.7. The Morgan fingerprint density at radius 2 is 1.71 bits per heavy atom. The monoisotopic (exact) mass is 336 g/mol. The lowest BCUT2D eigenvalue weighted by atomic mass is 9.68. The number of quaternary nitrogens is 2. The van der Waals surface area contributed by atoms with E-state index in [4.69, 9.17) is 9.47 Å². The maximum atomic E-state index is 6.09. The molecule has 1 spiro atoms. The summed E-state index contributed by atoms with van der Waals surface area (Å²) in [7, 11) is 0. The van der Waals surface area contributed by atoms with Gasteiger partial charge in [0.2, 0.25) is 0 Å². The van der Waals surface area contributed by atoms with Gasteiger partial charge in [0.05, 0.1) is 31.9 Å². The van der Waals surface area contributed by atoms with Crippen LogP contribution in [0.5, 0.6) is 0 Å². The van der Waals surface area contributed by atoms with Gasteiger partial charge in [0.25, 0.3) is 0 Å². The van der Waals surface area contributed by atoms with Gasteiger partial charge in [0.1, 0.15) is 26.2 Å². The van der Waals surface area contributed by atoms with Gasteiger partial charge in [-0.25, -0.2) is 0 Å². The molecule has 0 aliphatic carbocycles. The van der Waals surface area contributed by atoms with Crippen LogP contribution in [-0.4, -0.2) is 64.7 Å². The standard InChI is InChI=1S/C20H34N2O2/c1-3-19(2)17-20(8-14-24-19)7-6-11-22(18-20)10-5-4-9-21-12-15-23-16-13-21/h3,6-18H2,1-2H3/p+2/t19-,20-/m0/s1. The van der Waals surface area contributed by atoms with Gasteiger partial charge in [-0.2, -0.15) is 0 Å². The lowest BCUT2D eigenvalue weighted by Gasteiger charge is -2.48. The fraction of sp³-hybridized carbons (Fsp3) is 0.900. The van der Waals surface area contributed by atoms with E-state index in [9.17, 15) is 0 Å². The molecule has 0 amide bonds. The van der Waals surface area contributed by atoms with Crippen molar-refractivity contribution in [1.29, 1.82) is 0 Å². The zero-order valence-electron chi connectivity index (χ0n) is 15.7. The Morgan fingerprint density at radius 3 is 2.46 bits per heavy atom. The molecular weight excluding hydrogens is 300 g/mol. The Balaban J connectivity index is 1.49. The average Bonchev–Trinajstić information content (AvgIpc) is 2.60. The fourth-order valence-corrected chi connectivity index (χ4v) is 4.82. The highest BCUT2D eigenvalue weighted by Gasteiger charge is 2.46. The molecule has 0 aromatic rings. The third kappa shape index (κ3) is 4.73. The minimum atomic E-state index is 0.103. The van der Waals surface area contributed by atoms with Gasteiger partial charge < -0.3 is 19.3 Å². The number of piperidine rings is 1. The van der Waals surface area contributed by atoms with Gasteiger partial charge >= 0.3 is 0 Å². The summed E-state index contributed by atoms with van der Waals surface area (Å²) < 4.78 is 11.5. The van der Waals surface area contributed by atoms with E-state index in [1.54, 1.807) is 9.80 Å². The first-order valence-electron chi connectivity index (χ1n) is 9.98. The molecule has 0 saturated carbocycles. The van der Waals surface area contributed by atoms with Crippen LogP contribution in [0, 0.1) is 17.3 Å². The van der Waals surface area contributed by atoms with Crippen molar-refractivity contribution >= 4 is 0 Å². The average molecular weight is 337 g/mol. The van der Waals surface area contributed by atoms with Crippen LogP contribution in [0.4, 0.5) is 0 Å². The minimum Gasteiger partial charge on any atom is -0.375 e. The Hall–Kier alpha value is -0.600. The molecule has 3 rings (SSSR count). The van der Waals surface area contributed by atoms with Gasteiger partial charge in [-0.05, 0) is 50.9 Å². The van der Waals surface area contributed by atoms with Crippen LogP contribution in [-0.2, 0) is 9.47 Å². The molecule has 3 heterocycles. The molecule has 3 aliphatic rings. The number of rotatable bonds is 3. The summed E-state index contributed by atoms with van der Waals surface area (Å²) in [6.07, 6.45) is 6.36. The second-order valence-corrected chi connectivity index (χ2v) is 8.43. The number of hydrogen-bond acceptors (Lipinski definition) is 2. The quantitative estimate of drug-likeness (QED) is 0.683. The first-order chi connectivity index (χ1) is 11.6. The third-order valence-electron chi connectivity index (χ3n) is 6.44. The van der Waals surface area contributed by atoms with E-state index in [2.05, 4.69) is 25.7 Å². The van der Waals surface area contributed by atoms with E-state index in [-0.39, 0.29) is 5.60 Å². The number of ether oxygens (including phenoxy) is 2. The largest absolute Gasteiger partial charge is 0.375 e. The number of morpholine rings is 1. The van der Waals surface area contributed by atoms with Crippen LogP contribution in [0.15, 0.2) is 0 Å². The number of nitrogens with one attached hydrogen (secondary N) is 2. The normalized spacial score (nSPS) is 37.8. The molecule has 3 fully saturated rings. The Labute approximate surface area is 147 Å². The maximum absolute atomic E-state index is 6.09. The van der Waals surface area contributed by atoms with Gasteiger partial charge in [0, 0.05) is 12.0 Å². The van der Waals surface area contributed by atoms with Crippen LogP contribution < -0.4 is 9.80 Å². The minimum absolute atomic E-state index is 0.103. The van der Waals surface area contributed by atoms with Crippen LogP contribution in [0.2, 0.25) is 0 Å². The molecule has 4 heteroatoms.